The minimum atomic E-state index is -0.266. The Bertz CT molecular complexity index is 346. The van der Waals surface area contributed by atoms with Crippen LogP contribution in [0.5, 0.6) is 0 Å². The molecule has 0 N–H and O–H groups in total. The number of hydrogen-bond acceptors (Lipinski definition) is 5. The van der Waals surface area contributed by atoms with Crippen molar-refractivity contribution in [3.05, 3.63) is 23.7 Å². The van der Waals surface area contributed by atoms with Crippen molar-refractivity contribution < 1.29 is 23.5 Å². The summed E-state index contributed by atoms with van der Waals surface area (Å²) in [5.74, 6) is 0.903. The van der Waals surface area contributed by atoms with Crippen molar-refractivity contribution in [1.82, 2.24) is 0 Å². The lowest BCUT2D eigenvalue weighted by atomic mass is 10.2. The van der Waals surface area contributed by atoms with Crippen LogP contribution in [0.3, 0.4) is 0 Å². The van der Waals surface area contributed by atoms with Gasteiger partial charge in [-0.05, 0) is 12.1 Å². The molecule has 5 nitrogen and oxygen atoms in total. The van der Waals surface area contributed by atoms with E-state index in [0.717, 1.165) is 11.5 Å². The second-order valence-electron chi connectivity index (χ2n) is 3.52. The molecule has 1 heterocycles. The van der Waals surface area contributed by atoms with E-state index < -0.39 is 0 Å². The molecule has 0 fully saturated rings. The predicted octanol–water partition coefficient (Wildman–Crippen LogP) is 1.49. The molecule has 0 saturated heterocycles. The Labute approximate surface area is 99.7 Å². The van der Waals surface area contributed by atoms with E-state index in [1.54, 1.807) is 12.1 Å². The fourth-order valence-electron chi connectivity index (χ4n) is 1.35. The number of carbonyl (C=O) groups excluding carboxylic acids is 2. The first-order valence-corrected chi connectivity index (χ1v) is 5.37. The van der Waals surface area contributed by atoms with Gasteiger partial charge in [0, 0.05) is 12.8 Å². The predicted molar refractivity (Wildman–Crippen MR) is 59.4 cm³/mol. The van der Waals surface area contributed by atoms with Crippen LogP contribution in [-0.4, -0.2) is 26.2 Å². The van der Waals surface area contributed by atoms with Crippen molar-refractivity contribution in [1.29, 1.82) is 0 Å². The van der Waals surface area contributed by atoms with Crippen LogP contribution in [0.2, 0.25) is 0 Å². The molecule has 94 valence electrons. The lowest BCUT2D eigenvalue weighted by Gasteiger charge is -1.98. The normalized spacial score (nSPS) is 10.0. The van der Waals surface area contributed by atoms with E-state index in [0.29, 0.717) is 25.7 Å². The molecule has 0 saturated carbocycles. The zero-order valence-corrected chi connectivity index (χ0v) is 10.0. The average molecular weight is 240 g/mol. The van der Waals surface area contributed by atoms with Gasteiger partial charge in [0.2, 0.25) is 0 Å². The largest absolute Gasteiger partial charge is 0.469 e. The monoisotopic (exact) mass is 240 g/mol. The molecular weight excluding hydrogens is 224 g/mol. The number of methoxy groups -OCH3 is 2. The molecule has 0 atom stereocenters. The Hall–Kier alpha value is -1.78. The van der Waals surface area contributed by atoms with Gasteiger partial charge in [0.25, 0.3) is 0 Å². The number of esters is 2. The third-order valence-corrected chi connectivity index (χ3v) is 2.32. The van der Waals surface area contributed by atoms with Gasteiger partial charge in [0.15, 0.2) is 0 Å². The van der Waals surface area contributed by atoms with Crippen LogP contribution in [0.4, 0.5) is 0 Å². The highest BCUT2D eigenvalue weighted by atomic mass is 16.5. The molecule has 0 radical (unpaired) electrons. The number of carbonyl (C=O) groups is 2. The fraction of sp³-hybridized carbons (Fsp3) is 0.500. The van der Waals surface area contributed by atoms with Gasteiger partial charge in [-0.15, -0.1) is 0 Å². The Balaban J connectivity index is 2.37. The molecule has 1 aromatic rings. The van der Waals surface area contributed by atoms with Crippen LogP contribution in [0.1, 0.15) is 24.4 Å². The lowest BCUT2D eigenvalue weighted by molar-refractivity contribution is -0.141. The number of rotatable bonds is 6. The van der Waals surface area contributed by atoms with E-state index in [2.05, 4.69) is 9.47 Å². The van der Waals surface area contributed by atoms with Crippen molar-refractivity contribution >= 4 is 11.9 Å². The molecular formula is C12H16O5. The van der Waals surface area contributed by atoms with Gasteiger partial charge in [0.05, 0.1) is 27.1 Å². The van der Waals surface area contributed by atoms with Crippen LogP contribution < -0.4 is 0 Å². The van der Waals surface area contributed by atoms with Crippen LogP contribution in [0, 0.1) is 0 Å². The number of furan rings is 1. The molecule has 17 heavy (non-hydrogen) atoms. The molecule has 0 aliphatic carbocycles. The van der Waals surface area contributed by atoms with Crippen LogP contribution in [0.25, 0.3) is 0 Å². The second kappa shape index (κ2) is 6.73. The SMILES string of the molecule is COC(=O)CCc1ccc(CCC(=O)OC)o1. The van der Waals surface area contributed by atoms with Gasteiger partial charge in [0.1, 0.15) is 11.5 Å². The van der Waals surface area contributed by atoms with Crippen LogP contribution >= 0.6 is 0 Å². The van der Waals surface area contributed by atoms with E-state index in [4.69, 9.17) is 4.42 Å². The minimum Gasteiger partial charge on any atom is -0.469 e. The second-order valence-corrected chi connectivity index (χ2v) is 3.52. The summed E-state index contributed by atoms with van der Waals surface area (Å²) < 4.78 is 14.5. The third-order valence-electron chi connectivity index (χ3n) is 2.32. The van der Waals surface area contributed by atoms with Crippen molar-refractivity contribution in [2.75, 3.05) is 14.2 Å². The molecule has 0 amide bonds. The highest BCUT2D eigenvalue weighted by Crippen LogP contribution is 2.12. The first-order chi connectivity index (χ1) is 8.15. The number of hydrogen-bond donors (Lipinski definition) is 0. The maximum Gasteiger partial charge on any atom is 0.305 e. The van der Waals surface area contributed by atoms with Gasteiger partial charge >= 0.3 is 11.9 Å². The van der Waals surface area contributed by atoms with Gasteiger partial charge in [-0.1, -0.05) is 0 Å². The molecule has 0 spiro atoms. The quantitative estimate of drug-likeness (QED) is 0.705. The van der Waals surface area contributed by atoms with Crippen LogP contribution in [-0.2, 0) is 31.9 Å². The zero-order valence-electron chi connectivity index (χ0n) is 10.0. The van der Waals surface area contributed by atoms with Gasteiger partial charge in [-0.3, -0.25) is 9.59 Å². The first kappa shape index (κ1) is 13.3. The summed E-state index contributed by atoms with van der Waals surface area (Å²) in [6.07, 6.45) is 1.59. The minimum absolute atomic E-state index is 0.266. The summed E-state index contributed by atoms with van der Waals surface area (Å²) in [5, 5.41) is 0. The molecule has 0 aliphatic rings. The summed E-state index contributed by atoms with van der Waals surface area (Å²) in [6, 6.07) is 3.60. The van der Waals surface area contributed by atoms with Gasteiger partial charge in [-0.2, -0.15) is 0 Å². The van der Waals surface area contributed by atoms with Crippen molar-refractivity contribution in [3.63, 3.8) is 0 Å². The molecule has 0 unspecified atom stereocenters. The van der Waals surface area contributed by atoms with Gasteiger partial charge < -0.3 is 13.9 Å². The molecule has 5 heteroatoms. The van der Waals surface area contributed by atoms with E-state index in [1.807, 2.05) is 0 Å². The highest BCUT2D eigenvalue weighted by Gasteiger charge is 2.07. The smallest absolute Gasteiger partial charge is 0.305 e. The maximum atomic E-state index is 10.9. The molecule has 0 aromatic carbocycles. The maximum absolute atomic E-state index is 10.9. The average Bonchev–Trinajstić information content (AvgIpc) is 2.80. The Morgan fingerprint density at radius 3 is 1.76 bits per heavy atom. The molecule has 0 aliphatic heterocycles. The lowest BCUT2D eigenvalue weighted by Crippen LogP contribution is -2.01. The molecule has 1 rings (SSSR count). The fourth-order valence-corrected chi connectivity index (χ4v) is 1.35. The Morgan fingerprint density at radius 2 is 1.41 bits per heavy atom. The zero-order chi connectivity index (χ0) is 12.7. The third kappa shape index (κ3) is 4.72. The topological polar surface area (TPSA) is 65.7 Å². The summed E-state index contributed by atoms with van der Waals surface area (Å²) in [4.78, 5) is 21.8. The summed E-state index contributed by atoms with van der Waals surface area (Å²) in [6.45, 7) is 0. The summed E-state index contributed by atoms with van der Waals surface area (Å²) in [5.41, 5.74) is 0. The standard InChI is InChI=1S/C12H16O5/c1-15-11(13)7-5-9-3-4-10(17-9)6-8-12(14)16-2/h3-4H,5-8H2,1-2H3. The van der Waals surface area contributed by atoms with E-state index in [9.17, 15) is 9.59 Å². The van der Waals surface area contributed by atoms with Gasteiger partial charge in [-0.25, -0.2) is 0 Å². The van der Waals surface area contributed by atoms with E-state index in [-0.39, 0.29) is 11.9 Å². The number of ether oxygens (including phenoxy) is 2. The first-order valence-electron chi connectivity index (χ1n) is 5.37. The number of aryl methyl sites for hydroxylation is 2. The van der Waals surface area contributed by atoms with Crippen molar-refractivity contribution in [2.45, 2.75) is 25.7 Å². The Kier molecular flexibility index (Phi) is 5.26. The molecule has 1 aromatic heterocycles. The van der Waals surface area contributed by atoms with Crippen LogP contribution in [0.15, 0.2) is 16.5 Å². The van der Waals surface area contributed by atoms with E-state index >= 15 is 0 Å². The summed E-state index contributed by atoms with van der Waals surface area (Å²) in [7, 11) is 2.71. The van der Waals surface area contributed by atoms with Crippen molar-refractivity contribution in [2.24, 2.45) is 0 Å². The Morgan fingerprint density at radius 1 is 1.00 bits per heavy atom. The molecule has 0 bridgehead atoms. The van der Waals surface area contributed by atoms with Crippen molar-refractivity contribution in [3.8, 4) is 0 Å². The van der Waals surface area contributed by atoms with E-state index in [1.165, 1.54) is 14.2 Å². The summed E-state index contributed by atoms with van der Waals surface area (Å²) >= 11 is 0. The highest BCUT2D eigenvalue weighted by molar-refractivity contribution is 5.69.